The predicted octanol–water partition coefficient (Wildman–Crippen LogP) is 3.42. The maximum absolute atomic E-state index is 13.2. The van der Waals surface area contributed by atoms with Crippen LogP contribution in [0.4, 0.5) is 29.5 Å². The van der Waals surface area contributed by atoms with Crippen molar-refractivity contribution < 1.29 is 23.1 Å². The number of alkyl halides is 3. The first kappa shape index (κ1) is 18.4. The first-order chi connectivity index (χ1) is 11.4. The van der Waals surface area contributed by atoms with Crippen molar-refractivity contribution in [3.05, 3.63) is 30.4 Å². The van der Waals surface area contributed by atoms with Gasteiger partial charge >= 0.3 is 12.3 Å². The Morgan fingerprint density at radius 3 is 2.36 bits per heavy atom. The molecule has 0 aliphatic rings. The Bertz CT molecular complexity index is 802. The zero-order valence-corrected chi connectivity index (χ0v) is 13.7. The maximum atomic E-state index is 13.2. The molecule has 0 atom stereocenters. The van der Waals surface area contributed by atoms with Gasteiger partial charge in [0.1, 0.15) is 5.82 Å². The van der Waals surface area contributed by atoms with E-state index < -0.39 is 29.5 Å². The zero-order valence-electron chi connectivity index (χ0n) is 13.7. The lowest BCUT2D eigenvalue weighted by Gasteiger charge is -2.32. The number of carbonyl (C=O) groups is 1. The van der Waals surface area contributed by atoms with Crippen LogP contribution in [0.2, 0.25) is 0 Å². The first-order valence-corrected chi connectivity index (χ1v) is 7.10. The number of hydrogen-bond donors (Lipinski definition) is 2. The van der Waals surface area contributed by atoms with Gasteiger partial charge in [-0.2, -0.15) is 13.2 Å². The molecule has 0 spiro atoms. The lowest BCUT2D eigenvalue weighted by atomic mass is 10.1. The van der Waals surface area contributed by atoms with Gasteiger partial charge in [-0.1, -0.05) is 0 Å². The number of nitrogen functional groups attached to an aromatic ring is 1. The normalized spacial score (nSPS) is 12.1. The molecule has 0 saturated heterocycles. The van der Waals surface area contributed by atoms with Gasteiger partial charge in [0.2, 0.25) is 5.82 Å². The number of carboxylic acid groups (broad SMARTS) is 1. The van der Waals surface area contributed by atoms with E-state index in [0.29, 0.717) is 0 Å². The van der Waals surface area contributed by atoms with Gasteiger partial charge in [0.25, 0.3) is 0 Å². The standard InChI is InChI=1S/C15H16F3N5O2/c1-14(2,3)23(13(24)25)11-6-10(8-4-5-20-7-9(8)19)21-12(22-11)15(16,17)18/h4-7H,19H2,1-3H3,(H,24,25). The fourth-order valence-corrected chi connectivity index (χ4v) is 2.18. The van der Waals surface area contributed by atoms with Crippen LogP contribution in [0, 0.1) is 0 Å². The molecule has 2 rings (SSSR count). The minimum Gasteiger partial charge on any atom is -0.465 e. The van der Waals surface area contributed by atoms with Gasteiger partial charge in [-0.05, 0) is 26.8 Å². The smallest absolute Gasteiger partial charge is 0.451 e. The molecule has 0 aliphatic heterocycles. The van der Waals surface area contributed by atoms with E-state index in [2.05, 4.69) is 15.0 Å². The quantitative estimate of drug-likeness (QED) is 0.855. The summed E-state index contributed by atoms with van der Waals surface area (Å²) < 4.78 is 39.6. The summed E-state index contributed by atoms with van der Waals surface area (Å²) in [6, 6.07) is 2.55. The van der Waals surface area contributed by atoms with E-state index >= 15 is 0 Å². The molecule has 2 aromatic rings. The number of pyridine rings is 1. The molecule has 0 saturated carbocycles. The highest BCUT2D eigenvalue weighted by atomic mass is 19.4. The van der Waals surface area contributed by atoms with Crippen LogP contribution < -0.4 is 10.6 Å². The third-order valence-corrected chi connectivity index (χ3v) is 3.19. The molecule has 25 heavy (non-hydrogen) atoms. The minimum atomic E-state index is -4.85. The van der Waals surface area contributed by atoms with E-state index in [1.807, 2.05) is 0 Å². The summed E-state index contributed by atoms with van der Waals surface area (Å²) in [5, 5.41) is 9.42. The van der Waals surface area contributed by atoms with Crippen LogP contribution in [-0.2, 0) is 6.18 Å². The van der Waals surface area contributed by atoms with Crippen LogP contribution in [-0.4, -0.2) is 31.7 Å². The lowest BCUT2D eigenvalue weighted by Crippen LogP contribution is -2.46. The van der Waals surface area contributed by atoms with Gasteiger partial charge in [-0.25, -0.2) is 14.8 Å². The topological polar surface area (TPSA) is 105 Å². The van der Waals surface area contributed by atoms with Gasteiger partial charge in [-0.3, -0.25) is 9.88 Å². The summed E-state index contributed by atoms with van der Waals surface area (Å²) in [7, 11) is 0. The minimum absolute atomic E-state index is 0.109. The average molecular weight is 355 g/mol. The maximum Gasteiger partial charge on any atom is 0.451 e. The van der Waals surface area contributed by atoms with Crippen molar-refractivity contribution in [2.75, 3.05) is 10.6 Å². The highest BCUT2D eigenvalue weighted by Gasteiger charge is 2.38. The molecule has 0 aliphatic carbocycles. The highest BCUT2D eigenvalue weighted by Crippen LogP contribution is 2.34. The molecule has 2 heterocycles. The summed E-state index contributed by atoms with van der Waals surface area (Å²) >= 11 is 0. The van der Waals surface area contributed by atoms with Crippen molar-refractivity contribution in [3.63, 3.8) is 0 Å². The first-order valence-electron chi connectivity index (χ1n) is 7.10. The molecular formula is C15H16F3N5O2. The van der Waals surface area contributed by atoms with Crippen LogP contribution in [0.15, 0.2) is 24.5 Å². The van der Waals surface area contributed by atoms with Crippen molar-refractivity contribution in [2.45, 2.75) is 32.5 Å². The third-order valence-electron chi connectivity index (χ3n) is 3.19. The SMILES string of the molecule is CC(C)(C)N(C(=O)O)c1cc(-c2ccncc2N)nc(C(F)(F)F)n1. The van der Waals surface area contributed by atoms with E-state index in [9.17, 15) is 23.1 Å². The number of nitrogens with two attached hydrogens (primary N) is 1. The number of hydrogen-bond acceptors (Lipinski definition) is 5. The Kier molecular flexibility index (Phi) is 4.56. The van der Waals surface area contributed by atoms with E-state index in [1.54, 1.807) is 0 Å². The number of halogens is 3. The second kappa shape index (κ2) is 6.19. The molecule has 0 fully saturated rings. The van der Waals surface area contributed by atoms with Crippen LogP contribution in [0.25, 0.3) is 11.3 Å². The number of nitrogens with zero attached hydrogens (tertiary/aromatic N) is 4. The summed E-state index contributed by atoms with van der Waals surface area (Å²) in [6.07, 6.45) is -3.68. The molecule has 134 valence electrons. The molecular weight excluding hydrogens is 339 g/mol. The number of aromatic nitrogens is 3. The van der Waals surface area contributed by atoms with Gasteiger partial charge in [0, 0.05) is 23.4 Å². The van der Waals surface area contributed by atoms with Crippen LogP contribution in [0.5, 0.6) is 0 Å². The molecule has 1 amide bonds. The zero-order chi connectivity index (χ0) is 19.0. The Morgan fingerprint density at radius 1 is 1.24 bits per heavy atom. The van der Waals surface area contributed by atoms with Gasteiger partial charge in [-0.15, -0.1) is 0 Å². The van der Waals surface area contributed by atoms with E-state index in [0.717, 1.165) is 11.0 Å². The Labute approximate surface area is 141 Å². The monoisotopic (exact) mass is 355 g/mol. The lowest BCUT2D eigenvalue weighted by molar-refractivity contribution is -0.144. The van der Waals surface area contributed by atoms with Crippen molar-refractivity contribution in [1.29, 1.82) is 0 Å². The summed E-state index contributed by atoms with van der Waals surface area (Å²) in [5.41, 5.74) is 4.89. The summed E-state index contributed by atoms with van der Waals surface area (Å²) in [5.74, 6) is -1.85. The molecule has 7 nitrogen and oxygen atoms in total. The van der Waals surface area contributed by atoms with E-state index in [4.69, 9.17) is 5.73 Å². The van der Waals surface area contributed by atoms with E-state index in [-0.39, 0.29) is 16.9 Å². The van der Waals surface area contributed by atoms with Crippen LogP contribution >= 0.6 is 0 Å². The van der Waals surface area contributed by atoms with Gasteiger partial charge < -0.3 is 10.8 Å². The largest absolute Gasteiger partial charge is 0.465 e. The molecule has 2 aromatic heterocycles. The molecule has 0 radical (unpaired) electrons. The van der Waals surface area contributed by atoms with Crippen LogP contribution in [0.1, 0.15) is 26.6 Å². The average Bonchev–Trinajstić information content (AvgIpc) is 2.44. The predicted molar refractivity (Wildman–Crippen MR) is 84.9 cm³/mol. The van der Waals surface area contributed by atoms with Gasteiger partial charge in [0.15, 0.2) is 0 Å². The Morgan fingerprint density at radius 2 is 1.88 bits per heavy atom. The van der Waals surface area contributed by atoms with Crippen molar-refractivity contribution >= 4 is 17.6 Å². The summed E-state index contributed by atoms with van der Waals surface area (Å²) in [4.78, 5) is 23.0. The number of anilines is 2. The fraction of sp³-hybridized carbons (Fsp3) is 0.333. The third kappa shape index (κ3) is 3.95. The van der Waals surface area contributed by atoms with E-state index in [1.165, 1.54) is 39.2 Å². The second-order valence-electron chi connectivity index (χ2n) is 6.18. The van der Waals surface area contributed by atoms with Crippen molar-refractivity contribution in [1.82, 2.24) is 15.0 Å². The molecule has 0 unspecified atom stereocenters. The fourth-order valence-electron chi connectivity index (χ4n) is 2.18. The Balaban J connectivity index is 2.75. The molecule has 10 heteroatoms. The van der Waals surface area contributed by atoms with Crippen molar-refractivity contribution in [2.24, 2.45) is 0 Å². The highest BCUT2D eigenvalue weighted by molar-refractivity contribution is 5.87. The van der Waals surface area contributed by atoms with Gasteiger partial charge in [0.05, 0.1) is 17.6 Å². The number of amides is 1. The van der Waals surface area contributed by atoms with Crippen molar-refractivity contribution in [3.8, 4) is 11.3 Å². The molecule has 3 N–H and O–H groups in total. The Hall–Kier alpha value is -2.91. The number of rotatable bonds is 2. The molecule has 0 bridgehead atoms. The summed E-state index contributed by atoms with van der Waals surface area (Å²) in [6.45, 7) is 4.62. The van der Waals surface area contributed by atoms with Crippen LogP contribution in [0.3, 0.4) is 0 Å². The molecule has 0 aromatic carbocycles. The second-order valence-corrected chi connectivity index (χ2v) is 6.18.